The van der Waals surface area contributed by atoms with Crippen LogP contribution in [0.2, 0.25) is 0 Å². The van der Waals surface area contributed by atoms with E-state index < -0.39 is 28.1 Å². The zero-order valence-electron chi connectivity index (χ0n) is 12.2. The van der Waals surface area contributed by atoms with E-state index >= 15 is 0 Å². The van der Waals surface area contributed by atoms with Crippen molar-refractivity contribution in [2.75, 3.05) is 13.7 Å². The molecule has 0 aliphatic carbocycles. The van der Waals surface area contributed by atoms with Gasteiger partial charge in [-0.2, -0.15) is 4.31 Å². The summed E-state index contributed by atoms with van der Waals surface area (Å²) in [6.07, 6.45) is -0.814. The zero-order chi connectivity index (χ0) is 15.8. The number of methoxy groups -OCH3 is 1. The van der Waals surface area contributed by atoms with Gasteiger partial charge in [0.1, 0.15) is 6.04 Å². The van der Waals surface area contributed by atoms with Crippen LogP contribution < -0.4 is 0 Å². The van der Waals surface area contributed by atoms with Crippen LogP contribution in [0.4, 0.5) is 0 Å². The molecule has 0 radical (unpaired) electrons. The number of aliphatic hydroxyl groups is 1. The topological polar surface area (TPSA) is 83.9 Å². The summed E-state index contributed by atoms with van der Waals surface area (Å²) in [5.74, 6) is -0.653. The van der Waals surface area contributed by atoms with Crippen molar-refractivity contribution in [3.63, 3.8) is 0 Å². The zero-order valence-corrected chi connectivity index (χ0v) is 13.1. The molecule has 2 rings (SSSR count). The van der Waals surface area contributed by atoms with E-state index in [0.717, 1.165) is 15.4 Å². The number of nitrogens with zero attached hydrogens (tertiary/aromatic N) is 1. The van der Waals surface area contributed by atoms with Gasteiger partial charge in [-0.05, 0) is 37.1 Å². The van der Waals surface area contributed by atoms with E-state index in [1.807, 2.05) is 19.9 Å². The monoisotopic (exact) mass is 313 g/mol. The molecule has 0 amide bonds. The predicted octanol–water partition coefficient (Wildman–Crippen LogP) is 0.600. The van der Waals surface area contributed by atoms with Gasteiger partial charge in [0.25, 0.3) is 0 Å². The van der Waals surface area contributed by atoms with E-state index in [1.165, 1.54) is 7.11 Å². The summed E-state index contributed by atoms with van der Waals surface area (Å²) in [6, 6.07) is 4.01. The summed E-state index contributed by atoms with van der Waals surface area (Å²) < 4.78 is 31.1. The summed E-state index contributed by atoms with van der Waals surface area (Å²) >= 11 is 0. The van der Waals surface area contributed by atoms with Gasteiger partial charge >= 0.3 is 5.97 Å². The van der Waals surface area contributed by atoms with E-state index in [-0.39, 0.29) is 17.9 Å². The first kappa shape index (κ1) is 15.9. The number of rotatable bonds is 3. The molecule has 0 bridgehead atoms. The normalized spacial score (nSPS) is 23.2. The maximum Gasteiger partial charge on any atom is 0.324 e. The van der Waals surface area contributed by atoms with Gasteiger partial charge in [0, 0.05) is 13.0 Å². The molecule has 0 aromatic heterocycles. The van der Waals surface area contributed by atoms with Crippen molar-refractivity contribution >= 4 is 16.0 Å². The highest BCUT2D eigenvalue weighted by molar-refractivity contribution is 7.89. The van der Waals surface area contributed by atoms with Crippen LogP contribution in [0.25, 0.3) is 0 Å². The fraction of sp³-hybridized carbons (Fsp3) is 0.500. The Morgan fingerprint density at radius 2 is 1.86 bits per heavy atom. The van der Waals surface area contributed by atoms with Gasteiger partial charge in [-0.1, -0.05) is 6.07 Å². The number of hydrogen-bond donors (Lipinski definition) is 1. The molecule has 7 heteroatoms. The Kier molecular flexibility index (Phi) is 4.36. The molecule has 1 aromatic carbocycles. The first-order valence-electron chi connectivity index (χ1n) is 6.61. The van der Waals surface area contributed by atoms with Crippen LogP contribution in [0.3, 0.4) is 0 Å². The minimum atomic E-state index is -3.85. The van der Waals surface area contributed by atoms with E-state index in [9.17, 15) is 18.3 Å². The number of β-amino-alcohol motifs (C(OH)–C–C–N with tert-alkyl or cyclic N) is 1. The van der Waals surface area contributed by atoms with E-state index in [1.54, 1.807) is 12.1 Å². The summed E-state index contributed by atoms with van der Waals surface area (Å²) in [6.45, 7) is 3.51. The van der Waals surface area contributed by atoms with Crippen molar-refractivity contribution < 1.29 is 23.1 Å². The Hall–Kier alpha value is -1.44. The minimum absolute atomic E-state index is 0.0523. The van der Waals surface area contributed by atoms with Gasteiger partial charge in [-0.25, -0.2) is 8.42 Å². The second-order valence-corrected chi connectivity index (χ2v) is 7.22. The Bertz CT molecular complexity index is 635. The third kappa shape index (κ3) is 3.09. The largest absolute Gasteiger partial charge is 0.468 e. The lowest BCUT2D eigenvalue weighted by atomic mass is 10.2. The quantitative estimate of drug-likeness (QED) is 0.826. The Morgan fingerprint density at radius 3 is 2.38 bits per heavy atom. The molecule has 2 unspecified atom stereocenters. The first-order chi connectivity index (χ1) is 9.75. The highest BCUT2D eigenvalue weighted by atomic mass is 32.2. The molecule has 21 heavy (non-hydrogen) atoms. The molecule has 1 aliphatic rings. The number of hydrogen-bond acceptors (Lipinski definition) is 5. The summed E-state index contributed by atoms with van der Waals surface area (Å²) in [5.41, 5.74) is 1.64. The van der Waals surface area contributed by atoms with Crippen LogP contribution in [0.1, 0.15) is 17.5 Å². The highest BCUT2D eigenvalue weighted by Crippen LogP contribution is 2.28. The molecule has 1 N–H and O–H groups in total. The molecule has 1 saturated heterocycles. The van der Waals surface area contributed by atoms with Gasteiger partial charge in [0.05, 0.1) is 18.1 Å². The molecule has 1 aliphatic heterocycles. The third-order valence-corrected chi connectivity index (χ3v) is 5.36. The van der Waals surface area contributed by atoms with Crippen molar-refractivity contribution in [2.24, 2.45) is 0 Å². The fourth-order valence-corrected chi connectivity index (χ4v) is 4.43. The summed E-state index contributed by atoms with van der Waals surface area (Å²) in [5, 5.41) is 9.72. The number of carbonyl (C=O) groups excluding carboxylic acids is 1. The van der Waals surface area contributed by atoms with Crippen molar-refractivity contribution in [1.29, 1.82) is 0 Å². The molecule has 1 fully saturated rings. The number of esters is 1. The number of aliphatic hydroxyl groups excluding tert-OH is 1. The SMILES string of the molecule is COC(=O)C1CC(O)CN1S(=O)(=O)c1cc(C)cc(C)c1. The van der Waals surface area contributed by atoms with Gasteiger partial charge in [-0.3, -0.25) is 4.79 Å². The maximum atomic E-state index is 12.7. The second-order valence-electron chi connectivity index (χ2n) is 5.33. The number of sulfonamides is 1. The molecule has 0 spiro atoms. The van der Waals surface area contributed by atoms with Crippen LogP contribution in [-0.4, -0.2) is 49.6 Å². The van der Waals surface area contributed by atoms with Gasteiger partial charge < -0.3 is 9.84 Å². The molecule has 6 nitrogen and oxygen atoms in total. The minimum Gasteiger partial charge on any atom is -0.468 e. The lowest BCUT2D eigenvalue weighted by molar-refractivity contribution is -0.144. The Morgan fingerprint density at radius 1 is 1.29 bits per heavy atom. The number of aryl methyl sites for hydroxylation is 2. The summed E-state index contributed by atoms with van der Waals surface area (Å²) in [7, 11) is -2.65. The lowest BCUT2D eigenvalue weighted by Crippen LogP contribution is -2.41. The molecule has 2 atom stereocenters. The van der Waals surface area contributed by atoms with Gasteiger partial charge in [0.2, 0.25) is 10.0 Å². The summed E-state index contributed by atoms with van der Waals surface area (Å²) in [4.78, 5) is 11.9. The van der Waals surface area contributed by atoms with Crippen molar-refractivity contribution in [3.05, 3.63) is 29.3 Å². The number of benzene rings is 1. The molecule has 116 valence electrons. The van der Waals surface area contributed by atoms with Crippen LogP contribution in [0, 0.1) is 13.8 Å². The van der Waals surface area contributed by atoms with Crippen LogP contribution >= 0.6 is 0 Å². The fourth-order valence-electron chi connectivity index (χ4n) is 2.62. The van der Waals surface area contributed by atoms with E-state index in [2.05, 4.69) is 4.74 Å². The van der Waals surface area contributed by atoms with Crippen LogP contribution in [-0.2, 0) is 19.6 Å². The molecular weight excluding hydrogens is 294 g/mol. The van der Waals surface area contributed by atoms with Gasteiger partial charge in [-0.15, -0.1) is 0 Å². The second kappa shape index (κ2) is 5.75. The third-order valence-electron chi connectivity index (χ3n) is 3.51. The average molecular weight is 313 g/mol. The Labute approximate surface area is 124 Å². The maximum absolute atomic E-state index is 12.7. The van der Waals surface area contributed by atoms with Gasteiger partial charge in [0.15, 0.2) is 0 Å². The average Bonchev–Trinajstić information content (AvgIpc) is 2.79. The Balaban J connectivity index is 2.44. The smallest absolute Gasteiger partial charge is 0.324 e. The molecule has 1 aromatic rings. The van der Waals surface area contributed by atoms with E-state index in [4.69, 9.17) is 0 Å². The van der Waals surface area contributed by atoms with Crippen LogP contribution in [0.5, 0.6) is 0 Å². The number of carbonyl (C=O) groups is 1. The van der Waals surface area contributed by atoms with Crippen LogP contribution in [0.15, 0.2) is 23.1 Å². The molecular formula is C14H19NO5S. The standard InChI is InChI=1S/C14H19NO5S/c1-9-4-10(2)6-12(5-9)21(18,19)15-8-11(16)7-13(15)14(17)20-3/h4-6,11,13,16H,7-8H2,1-3H3. The van der Waals surface area contributed by atoms with Crippen molar-refractivity contribution in [2.45, 2.75) is 37.3 Å². The predicted molar refractivity (Wildman–Crippen MR) is 76.2 cm³/mol. The van der Waals surface area contributed by atoms with Crippen molar-refractivity contribution in [1.82, 2.24) is 4.31 Å². The van der Waals surface area contributed by atoms with Crippen molar-refractivity contribution in [3.8, 4) is 0 Å². The molecule has 1 heterocycles. The molecule has 0 saturated carbocycles. The highest BCUT2D eigenvalue weighted by Gasteiger charge is 2.44. The number of ether oxygens (including phenoxy) is 1. The first-order valence-corrected chi connectivity index (χ1v) is 8.05. The lowest BCUT2D eigenvalue weighted by Gasteiger charge is -2.22. The van der Waals surface area contributed by atoms with E-state index in [0.29, 0.717) is 0 Å².